The molecular weight excluding hydrogens is 395 g/mol. The summed E-state index contributed by atoms with van der Waals surface area (Å²) < 4.78 is 38.8. The second-order valence-electron chi connectivity index (χ2n) is 6.97. The van der Waals surface area contributed by atoms with E-state index in [1.165, 1.54) is 22.5 Å². The summed E-state index contributed by atoms with van der Waals surface area (Å²) in [6.07, 6.45) is -5.60. The Morgan fingerprint density at radius 2 is 1.93 bits per heavy atom. The van der Waals surface area contributed by atoms with Crippen LogP contribution in [0.25, 0.3) is 10.4 Å². The number of benzene rings is 1. The number of carbonyl (C=O) groups excluding carboxylic acids is 1. The fourth-order valence-electron chi connectivity index (χ4n) is 2.53. The van der Waals surface area contributed by atoms with Crippen molar-refractivity contribution in [3.05, 3.63) is 41.0 Å². The second kappa shape index (κ2) is 8.17. The SMILES string of the molecule is CC(C)(C)N(CCNC(=O)c1ncsc1-c1cccc(C(F)(F)F)c1)C(=O)O. The largest absolute Gasteiger partial charge is 0.465 e. The molecule has 0 aliphatic rings. The molecule has 152 valence electrons. The summed E-state index contributed by atoms with van der Waals surface area (Å²) >= 11 is 1.06. The third kappa shape index (κ3) is 5.22. The van der Waals surface area contributed by atoms with Gasteiger partial charge < -0.3 is 15.3 Å². The molecule has 0 spiro atoms. The number of rotatable bonds is 5. The molecule has 1 heterocycles. The van der Waals surface area contributed by atoms with Crippen LogP contribution >= 0.6 is 11.3 Å². The van der Waals surface area contributed by atoms with Crippen molar-refractivity contribution in [2.75, 3.05) is 13.1 Å². The topological polar surface area (TPSA) is 82.5 Å². The van der Waals surface area contributed by atoms with Crippen molar-refractivity contribution in [3.63, 3.8) is 0 Å². The van der Waals surface area contributed by atoms with Crippen LogP contribution in [0.2, 0.25) is 0 Å². The number of nitrogens with zero attached hydrogens (tertiary/aromatic N) is 2. The minimum Gasteiger partial charge on any atom is -0.465 e. The quantitative estimate of drug-likeness (QED) is 0.761. The average molecular weight is 415 g/mol. The average Bonchev–Trinajstić information content (AvgIpc) is 3.06. The highest BCUT2D eigenvalue weighted by Crippen LogP contribution is 2.34. The maximum atomic E-state index is 12.9. The van der Waals surface area contributed by atoms with Gasteiger partial charge in [0.1, 0.15) is 5.69 Å². The molecule has 0 saturated carbocycles. The van der Waals surface area contributed by atoms with Gasteiger partial charge in [0.2, 0.25) is 0 Å². The first kappa shape index (κ1) is 21.7. The molecule has 2 amide bonds. The summed E-state index contributed by atoms with van der Waals surface area (Å²) in [6.45, 7) is 5.30. The minimum absolute atomic E-state index is 0.00181. The molecule has 2 N–H and O–H groups in total. The van der Waals surface area contributed by atoms with Gasteiger partial charge in [0.15, 0.2) is 0 Å². The normalized spacial score (nSPS) is 11.9. The van der Waals surface area contributed by atoms with E-state index in [1.54, 1.807) is 20.8 Å². The van der Waals surface area contributed by atoms with Crippen LogP contribution in [-0.2, 0) is 6.18 Å². The van der Waals surface area contributed by atoms with Gasteiger partial charge in [-0.25, -0.2) is 9.78 Å². The Morgan fingerprint density at radius 1 is 1.25 bits per heavy atom. The predicted octanol–water partition coefficient (Wildman–Crippen LogP) is 4.34. The molecule has 2 rings (SSSR count). The lowest BCUT2D eigenvalue weighted by Gasteiger charge is -2.33. The fourth-order valence-corrected chi connectivity index (χ4v) is 3.32. The lowest BCUT2D eigenvalue weighted by molar-refractivity contribution is -0.137. The van der Waals surface area contributed by atoms with E-state index in [2.05, 4.69) is 10.3 Å². The summed E-state index contributed by atoms with van der Waals surface area (Å²) in [5, 5.41) is 11.8. The number of aromatic nitrogens is 1. The Bertz CT molecular complexity index is 859. The molecule has 0 fully saturated rings. The van der Waals surface area contributed by atoms with Crippen LogP contribution < -0.4 is 5.32 Å². The van der Waals surface area contributed by atoms with Crippen molar-refractivity contribution < 1.29 is 27.9 Å². The smallest absolute Gasteiger partial charge is 0.416 e. The lowest BCUT2D eigenvalue weighted by atomic mass is 10.1. The molecule has 28 heavy (non-hydrogen) atoms. The van der Waals surface area contributed by atoms with Gasteiger partial charge in [-0.05, 0) is 38.5 Å². The Hall–Kier alpha value is -2.62. The molecule has 0 radical (unpaired) electrons. The molecular formula is C18H20F3N3O3S. The summed E-state index contributed by atoms with van der Waals surface area (Å²) in [5.74, 6) is -0.576. The number of amides is 2. The van der Waals surface area contributed by atoms with Crippen LogP contribution in [0.4, 0.5) is 18.0 Å². The van der Waals surface area contributed by atoms with E-state index < -0.39 is 29.3 Å². The molecule has 1 aromatic heterocycles. The number of nitrogens with one attached hydrogen (secondary N) is 1. The summed E-state index contributed by atoms with van der Waals surface area (Å²) in [6, 6.07) is 4.67. The first-order chi connectivity index (χ1) is 12.9. The highest BCUT2D eigenvalue weighted by atomic mass is 32.1. The Morgan fingerprint density at radius 3 is 2.50 bits per heavy atom. The molecule has 1 aromatic carbocycles. The number of carbonyl (C=O) groups is 2. The van der Waals surface area contributed by atoms with Crippen molar-refractivity contribution in [1.82, 2.24) is 15.2 Å². The van der Waals surface area contributed by atoms with Gasteiger partial charge in [-0.2, -0.15) is 13.2 Å². The van der Waals surface area contributed by atoms with Gasteiger partial charge in [0.25, 0.3) is 5.91 Å². The van der Waals surface area contributed by atoms with Gasteiger partial charge in [-0.1, -0.05) is 12.1 Å². The van der Waals surface area contributed by atoms with Crippen LogP contribution in [0, 0.1) is 0 Å². The van der Waals surface area contributed by atoms with E-state index in [4.69, 9.17) is 0 Å². The lowest BCUT2D eigenvalue weighted by Crippen LogP contribution is -2.48. The summed E-state index contributed by atoms with van der Waals surface area (Å²) in [4.78, 5) is 29.2. The van der Waals surface area contributed by atoms with Crippen LogP contribution in [0.15, 0.2) is 29.8 Å². The zero-order chi connectivity index (χ0) is 21.1. The third-order valence-corrected chi connectivity index (χ3v) is 4.77. The van der Waals surface area contributed by atoms with E-state index in [1.807, 2.05) is 0 Å². The van der Waals surface area contributed by atoms with Gasteiger partial charge >= 0.3 is 12.3 Å². The van der Waals surface area contributed by atoms with Crippen molar-refractivity contribution in [1.29, 1.82) is 0 Å². The molecule has 0 unspecified atom stereocenters. The number of hydrogen-bond acceptors (Lipinski definition) is 4. The van der Waals surface area contributed by atoms with Crippen LogP contribution in [0.1, 0.15) is 36.8 Å². The Kier molecular flexibility index (Phi) is 6.33. The maximum Gasteiger partial charge on any atom is 0.416 e. The van der Waals surface area contributed by atoms with E-state index in [0.29, 0.717) is 4.88 Å². The Labute approximate surface area is 164 Å². The molecule has 0 atom stereocenters. The van der Waals surface area contributed by atoms with Crippen molar-refractivity contribution >= 4 is 23.3 Å². The first-order valence-corrected chi connectivity index (χ1v) is 9.19. The van der Waals surface area contributed by atoms with E-state index in [0.717, 1.165) is 23.5 Å². The predicted molar refractivity (Wildman–Crippen MR) is 99.4 cm³/mol. The standard InChI is InChI=1S/C18H20F3N3O3S/c1-17(2,3)24(16(26)27)8-7-22-15(25)13-14(28-10-23-13)11-5-4-6-12(9-11)18(19,20)21/h4-6,9-10H,7-8H2,1-3H3,(H,22,25)(H,26,27). The van der Waals surface area contributed by atoms with E-state index in [-0.39, 0.29) is 24.3 Å². The van der Waals surface area contributed by atoms with Crippen molar-refractivity contribution in [2.45, 2.75) is 32.5 Å². The van der Waals surface area contributed by atoms with Crippen LogP contribution in [0.5, 0.6) is 0 Å². The molecule has 0 aliphatic carbocycles. The van der Waals surface area contributed by atoms with E-state index >= 15 is 0 Å². The number of thiazole rings is 1. The maximum absolute atomic E-state index is 12.9. The number of alkyl halides is 3. The minimum atomic E-state index is -4.49. The molecule has 6 nitrogen and oxygen atoms in total. The van der Waals surface area contributed by atoms with Gasteiger partial charge in [-0.3, -0.25) is 4.79 Å². The van der Waals surface area contributed by atoms with Crippen LogP contribution in [-0.4, -0.2) is 45.6 Å². The third-order valence-electron chi connectivity index (χ3n) is 3.90. The molecule has 0 aliphatic heterocycles. The highest BCUT2D eigenvalue weighted by Gasteiger charge is 2.31. The van der Waals surface area contributed by atoms with Gasteiger partial charge in [-0.15, -0.1) is 11.3 Å². The molecule has 10 heteroatoms. The number of halogens is 3. The number of carboxylic acid groups (broad SMARTS) is 1. The number of hydrogen-bond donors (Lipinski definition) is 2. The first-order valence-electron chi connectivity index (χ1n) is 8.31. The monoisotopic (exact) mass is 415 g/mol. The van der Waals surface area contributed by atoms with Gasteiger partial charge in [0.05, 0.1) is 16.0 Å². The zero-order valence-corrected chi connectivity index (χ0v) is 16.3. The Balaban J connectivity index is 2.13. The fraction of sp³-hybridized carbons (Fsp3) is 0.389. The van der Waals surface area contributed by atoms with E-state index in [9.17, 15) is 27.9 Å². The highest BCUT2D eigenvalue weighted by molar-refractivity contribution is 7.13. The molecule has 2 aromatic rings. The van der Waals surface area contributed by atoms with Gasteiger partial charge in [0, 0.05) is 18.6 Å². The summed E-state index contributed by atoms with van der Waals surface area (Å²) in [7, 11) is 0. The van der Waals surface area contributed by atoms with Crippen LogP contribution in [0.3, 0.4) is 0 Å². The van der Waals surface area contributed by atoms with Crippen molar-refractivity contribution in [2.24, 2.45) is 0 Å². The van der Waals surface area contributed by atoms with Crippen molar-refractivity contribution in [3.8, 4) is 10.4 Å². The molecule has 0 saturated heterocycles. The molecule has 0 bridgehead atoms. The summed E-state index contributed by atoms with van der Waals surface area (Å²) in [5.41, 5.74) is 0.169. The zero-order valence-electron chi connectivity index (χ0n) is 15.5. The second-order valence-corrected chi connectivity index (χ2v) is 7.82.